The molecule has 3 aromatic rings. The van der Waals surface area contributed by atoms with Crippen LogP contribution in [-0.2, 0) is 11.3 Å². The molecule has 1 aromatic carbocycles. The van der Waals surface area contributed by atoms with Gasteiger partial charge >= 0.3 is 6.09 Å². The van der Waals surface area contributed by atoms with E-state index in [4.69, 9.17) is 21.6 Å². The smallest absolute Gasteiger partial charge is 0.413 e. The fourth-order valence-corrected chi connectivity index (χ4v) is 2.73. The Morgan fingerprint density at radius 2 is 1.97 bits per heavy atom. The highest BCUT2D eigenvalue weighted by atomic mass is 19.1. The Kier molecular flexibility index (Phi) is 6.63. The molecule has 0 atom stereocenters. The molecule has 0 radical (unpaired) electrons. The molecule has 166 valence electrons. The van der Waals surface area contributed by atoms with Crippen LogP contribution in [0.15, 0.2) is 52.2 Å². The van der Waals surface area contributed by atoms with Gasteiger partial charge in [0, 0.05) is 12.6 Å². The summed E-state index contributed by atoms with van der Waals surface area (Å²) in [5, 5.41) is 0. The number of nitrogen functional groups attached to an aromatic ring is 2. The SMILES string of the molecule is COC(=O)N(C)c1c(N)nc(C(N)=CC(=NCc2ccccc2F)c2ncco2)nc1N. The minimum Gasteiger partial charge on any atom is -0.452 e. The first kappa shape index (κ1) is 22.2. The number of aromatic nitrogens is 3. The normalized spacial score (nSPS) is 12.0. The van der Waals surface area contributed by atoms with E-state index in [9.17, 15) is 9.18 Å². The van der Waals surface area contributed by atoms with Crippen molar-refractivity contribution in [2.24, 2.45) is 10.7 Å². The fraction of sp³-hybridized carbons (Fsp3) is 0.150. The summed E-state index contributed by atoms with van der Waals surface area (Å²) in [6.07, 6.45) is 3.50. The topological polar surface area (TPSA) is 172 Å². The van der Waals surface area contributed by atoms with Gasteiger partial charge in [-0.25, -0.2) is 24.1 Å². The molecule has 2 aromatic heterocycles. The lowest BCUT2D eigenvalue weighted by molar-refractivity contribution is 0.180. The summed E-state index contributed by atoms with van der Waals surface area (Å²) in [6.45, 7) is 0.0160. The zero-order valence-electron chi connectivity index (χ0n) is 17.3. The van der Waals surface area contributed by atoms with Gasteiger partial charge in [-0.1, -0.05) is 18.2 Å². The van der Waals surface area contributed by atoms with E-state index >= 15 is 0 Å². The first-order valence-corrected chi connectivity index (χ1v) is 9.21. The van der Waals surface area contributed by atoms with Crippen molar-refractivity contribution in [3.05, 3.63) is 65.9 Å². The third kappa shape index (κ3) is 4.80. The maximum Gasteiger partial charge on any atom is 0.413 e. The predicted octanol–water partition coefficient (Wildman–Crippen LogP) is 1.96. The van der Waals surface area contributed by atoms with Gasteiger partial charge in [-0.3, -0.25) is 9.89 Å². The largest absolute Gasteiger partial charge is 0.452 e. The van der Waals surface area contributed by atoms with E-state index in [0.29, 0.717) is 5.56 Å². The number of hydrogen-bond acceptors (Lipinski definition) is 10. The highest BCUT2D eigenvalue weighted by molar-refractivity contribution is 6.09. The third-order valence-corrected chi connectivity index (χ3v) is 4.30. The molecule has 6 N–H and O–H groups in total. The summed E-state index contributed by atoms with van der Waals surface area (Å²) in [7, 11) is 2.62. The minimum absolute atomic E-state index is 0.00726. The molecule has 0 aliphatic heterocycles. The number of rotatable bonds is 6. The molecule has 0 aliphatic carbocycles. The van der Waals surface area contributed by atoms with Crippen LogP contribution in [0.5, 0.6) is 0 Å². The number of anilines is 3. The molecular weight excluding hydrogens is 419 g/mol. The van der Waals surface area contributed by atoms with Gasteiger partial charge in [0.2, 0.25) is 5.89 Å². The van der Waals surface area contributed by atoms with Crippen molar-refractivity contribution in [2.75, 3.05) is 30.5 Å². The van der Waals surface area contributed by atoms with Gasteiger partial charge in [-0.05, 0) is 12.1 Å². The van der Waals surface area contributed by atoms with E-state index in [0.717, 1.165) is 4.90 Å². The van der Waals surface area contributed by atoms with Crippen molar-refractivity contribution in [3.8, 4) is 0 Å². The average Bonchev–Trinajstić information content (AvgIpc) is 3.31. The monoisotopic (exact) mass is 440 g/mol. The quantitative estimate of drug-likeness (QED) is 0.484. The van der Waals surface area contributed by atoms with Crippen LogP contribution in [0.4, 0.5) is 26.5 Å². The molecule has 0 bridgehead atoms. The van der Waals surface area contributed by atoms with Crippen molar-refractivity contribution in [2.45, 2.75) is 6.54 Å². The maximum absolute atomic E-state index is 14.0. The molecule has 12 heteroatoms. The van der Waals surface area contributed by atoms with Gasteiger partial charge in [0.05, 0.1) is 25.5 Å². The van der Waals surface area contributed by atoms with Crippen molar-refractivity contribution >= 4 is 34.8 Å². The summed E-state index contributed by atoms with van der Waals surface area (Å²) in [5.74, 6) is -0.413. The van der Waals surface area contributed by atoms with Crippen molar-refractivity contribution in [1.29, 1.82) is 0 Å². The number of carbonyl (C=O) groups excluding carboxylic acids is 1. The summed E-state index contributed by atoms with van der Waals surface area (Å²) < 4.78 is 23.9. The fourth-order valence-electron chi connectivity index (χ4n) is 2.73. The number of ether oxygens (including phenoxy) is 1. The highest BCUT2D eigenvalue weighted by Crippen LogP contribution is 2.28. The molecule has 0 fully saturated rings. The van der Waals surface area contributed by atoms with Gasteiger partial charge in [-0.15, -0.1) is 0 Å². The first-order chi connectivity index (χ1) is 15.3. The second-order valence-corrected chi connectivity index (χ2v) is 6.43. The molecule has 0 saturated heterocycles. The number of benzene rings is 1. The Labute approximate surface area is 182 Å². The number of oxazole rings is 1. The van der Waals surface area contributed by atoms with Gasteiger partial charge in [0.1, 0.15) is 23.5 Å². The molecular formula is C20H21FN8O3. The zero-order valence-corrected chi connectivity index (χ0v) is 17.3. The van der Waals surface area contributed by atoms with Crippen molar-refractivity contribution in [3.63, 3.8) is 0 Å². The molecule has 1 amide bonds. The number of methoxy groups -OCH3 is 1. The average molecular weight is 440 g/mol. The number of allylic oxidation sites excluding steroid dienone is 1. The maximum atomic E-state index is 14.0. The molecule has 0 unspecified atom stereocenters. The van der Waals surface area contributed by atoms with Gasteiger partial charge in [0.25, 0.3) is 0 Å². The van der Waals surface area contributed by atoms with Crippen LogP contribution in [0.3, 0.4) is 0 Å². The lowest BCUT2D eigenvalue weighted by atomic mass is 10.2. The Morgan fingerprint density at radius 3 is 2.56 bits per heavy atom. The third-order valence-electron chi connectivity index (χ3n) is 4.30. The lowest BCUT2D eigenvalue weighted by Gasteiger charge is -2.18. The van der Waals surface area contributed by atoms with Crippen molar-refractivity contribution in [1.82, 2.24) is 15.0 Å². The summed E-state index contributed by atoms with van der Waals surface area (Å²) in [5.41, 5.74) is 18.8. The lowest BCUT2D eigenvalue weighted by Crippen LogP contribution is -2.28. The zero-order chi connectivity index (χ0) is 23.3. The molecule has 2 heterocycles. The molecule has 0 aliphatic rings. The highest BCUT2D eigenvalue weighted by Gasteiger charge is 2.21. The van der Waals surface area contributed by atoms with Gasteiger partial charge in [-0.2, -0.15) is 0 Å². The number of carbonyl (C=O) groups is 1. The van der Waals surface area contributed by atoms with E-state index in [-0.39, 0.29) is 47.0 Å². The number of amides is 1. The van der Waals surface area contributed by atoms with Crippen LogP contribution < -0.4 is 22.1 Å². The van der Waals surface area contributed by atoms with Crippen LogP contribution in [-0.4, -0.2) is 40.9 Å². The number of nitrogens with zero attached hydrogens (tertiary/aromatic N) is 5. The Morgan fingerprint density at radius 1 is 1.28 bits per heavy atom. The number of halogens is 1. The standard InChI is InChI=1S/C20H21FN8O3/c1-29(20(30)31-2)15-16(23)27-18(28-17(15)24)13(22)9-14(19-25-7-8-32-19)26-10-11-5-3-4-6-12(11)21/h3-9H,10,22H2,1-2H3,(H4,23,24,27,28). The second kappa shape index (κ2) is 9.55. The van der Waals surface area contributed by atoms with Crippen LogP contribution in [0.2, 0.25) is 0 Å². The molecule has 0 saturated carbocycles. The van der Waals surface area contributed by atoms with Crippen LogP contribution in [0.25, 0.3) is 5.70 Å². The summed E-state index contributed by atoms with van der Waals surface area (Å²) in [6, 6.07) is 6.24. The first-order valence-electron chi connectivity index (χ1n) is 9.21. The molecule has 0 spiro atoms. The molecule has 32 heavy (non-hydrogen) atoms. The van der Waals surface area contributed by atoms with E-state index in [1.165, 1.54) is 38.8 Å². The second-order valence-electron chi connectivity index (χ2n) is 6.43. The van der Waals surface area contributed by atoms with E-state index in [1.54, 1.807) is 18.2 Å². The van der Waals surface area contributed by atoms with E-state index < -0.39 is 11.9 Å². The van der Waals surface area contributed by atoms with Gasteiger partial charge in [0.15, 0.2) is 17.5 Å². The van der Waals surface area contributed by atoms with E-state index in [1.807, 2.05) is 0 Å². The molecule has 11 nitrogen and oxygen atoms in total. The Balaban J connectivity index is 1.97. The van der Waals surface area contributed by atoms with Gasteiger partial charge < -0.3 is 26.4 Å². The Bertz CT molecular complexity index is 1150. The van der Waals surface area contributed by atoms with Crippen LogP contribution in [0, 0.1) is 5.82 Å². The van der Waals surface area contributed by atoms with Crippen LogP contribution >= 0.6 is 0 Å². The Hall–Kier alpha value is -4.48. The number of nitrogens with two attached hydrogens (primary N) is 3. The van der Waals surface area contributed by atoms with E-state index in [2.05, 4.69) is 24.7 Å². The number of aliphatic imine (C=N–C) groups is 1. The number of hydrogen-bond donors (Lipinski definition) is 3. The minimum atomic E-state index is -0.699. The summed E-state index contributed by atoms with van der Waals surface area (Å²) in [4.78, 5) is 29.5. The molecule has 3 rings (SSSR count). The van der Waals surface area contributed by atoms with Crippen molar-refractivity contribution < 1.29 is 18.3 Å². The summed E-state index contributed by atoms with van der Waals surface area (Å²) >= 11 is 0. The van der Waals surface area contributed by atoms with Crippen LogP contribution in [0.1, 0.15) is 17.3 Å². The predicted molar refractivity (Wildman–Crippen MR) is 117 cm³/mol.